The van der Waals surface area contributed by atoms with E-state index < -0.39 is 35.1 Å². The van der Waals surface area contributed by atoms with Gasteiger partial charge in [-0.25, -0.2) is 8.42 Å². The fraction of sp³-hybridized carbons (Fsp3) is 0.188. The second-order valence-corrected chi connectivity index (χ2v) is 8.40. The molecular weight excluding hydrogens is 394 g/mol. The summed E-state index contributed by atoms with van der Waals surface area (Å²) in [5, 5.41) is 4.24. The number of rotatable bonds is 6. The lowest BCUT2D eigenvalue weighted by Gasteiger charge is -2.28. The number of anilines is 2. The zero-order valence-corrected chi connectivity index (χ0v) is 15.5. The molecule has 0 bridgehead atoms. The molecule has 0 atom stereocenters. The number of hydrogen-bond donors (Lipinski definition) is 2. The molecule has 0 spiro atoms. The molecule has 0 saturated carbocycles. The SMILES string of the molecule is O=C1CN(C(=O)COC(=O)CNS(=O)(=O)c2cccs2)c2ccccc2N1. The first kappa shape index (κ1) is 19.0. The van der Waals surface area contributed by atoms with Crippen LogP contribution in [0.15, 0.2) is 46.0 Å². The maximum atomic E-state index is 12.3. The van der Waals surface area contributed by atoms with Gasteiger partial charge in [-0.2, -0.15) is 4.72 Å². The van der Waals surface area contributed by atoms with Crippen molar-refractivity contribution in [2.75, 3.05) is 29.9 Å². The molecule has 0 aliphatic carbocycles. The summed E-state index contributed by atoms with van der Waals surface area (Å²) in [5.41, 5.74) is 0.980. The quantitative estimate of drug-likeness (QED) is 0.672. The van der Waals surface area contributed by atoms with E-state index in [0.29, 0.717) is 11.4 Å². The van der Waals surface area contributed by atoms with Crippen LogP contribution in [-0.2, 0) is 29.1 Å². The van der Waals surface area contributed by atoms with E-state index in [1.807, 2.05) is 0 Å². The average molecular weight is 409 g/mol. The fourth-order valence-electron chi connectivity index (χ4n) is 2.37. The first-order chi connectivity index (χ1) is 12.9. The van der Waals surface area contributed by atoms with Gasteiger partial charge in [-0.15, -0.1) is 11.3 Å². The Morgan fingerprint density at radius 1 is 1.22 bits per heavy atom. The topological polar surface area (TPSA) is 122 Å². The molecule has 1 aromatic heterocycles. The molecule has 11 heteroatoms. The van der Waals surface area contributed by atoms with Crippen molar-refractivity contribution in [1.82, 2.24) is 4.72 Å². The molecule has 2 heterocycles. The molecule has 2 amide bonds. The molecule has 2 aromatic rings. The predicted octanol–water partition coefficient (Wildman–Crippen LogP) is 0.555. The van der Waals surface area contributed by atoms with Gasteiger partial charge in [0.05, 0.1) is 11.4 Å². The molecule has 142 valence electrons. The Balaban J connectivity index is 1.55. The van der Waals surface area contributed by atoms with Crippen LogP contribution in [0.25, 0.3) is 0 Å². The zero-order valence-electron chi connectivity index (χ0n) is 13.9. The molecule has 3 rings (SSSR count). The van der Waals surface area contributed by atoms with Crippen LogP contribution in [0.1, 0.15) is 0 Å². The maximum absolute atomic E-state index is 12.3. The third-order valence-electron chi connectivity index (χ3n) is 3.59. The number of nitrogens with one attached hydrogen (secondary N) is 2. The summed E-state index contributed by atoms with van der Waals surface area (Å²) in [5.74, 6) is -1.86. The summed E-state index contributed by atoms with van der Waals surface area (Å²) in [6.45, 7) is -1.41. The molecule has 1 aromatic carbocycles. The Morgan fingerprint density at radius 2 is 2.00 bits per heavy atom. The van der Waals surface area contributed by atoms with E-state index in [2.05, 4.69) is 10.0 Å². The van der Waals surface area contributed by atoms with E-state index >= 15 is 0 Å². The van der Waals surface area contributed by atoms with Gasteiger partial charge in [-0.05, 0) is 23.6 Å². The largest absolute Gasteiger partial charge is 0.455 e. The molecule has 0 fully saturated rings. The highest BCUT2D eigenvalue weighted by Crippen LogP contribution is 2.28. The monoisotopic (exact) mass is 409 g/mol. The zero-order chi connectivity index (χ0) is 19.4. The molecule has 27 heavy (non-hydrogen) atoms. The summed E-state index contributed by atoms with van der Waals surface area (Å²) >= 11 is 1.01. The second kappa shape index (κ2) is 7.86. The molecule has 0 saturated heterocycles. The van der Waals surface area contributed by atoms with Gasteiger partial charge in [0.2, 0.25) is 5.91 Å². The second-order valence-electron chi connectivity index (χ2n) is 5.46. The van der Waals surface area contributed by atoms with Gasteiger partial charge in [0.25, 0.3) is 15.9 Å². The molecule has 2 N–H and O–H groups in total. The molecular formula is C16H15N3O6S2. The minimum atomic E-state index is -3.80. The van der Waals surface area contributed by atoms with Crippen LogP contribution >= 0.6 is 11.3 Å². The normalized spacial score (nSPS) is 13.6. The Hall–Kier alpha value is -2.76. The Morgan fingerprint density at radius 3 is 2.74 bits per heavy atom. The van der Waals surface area contributed by atoms with Crippen LogP contribution in [0, 0.1) is 0 Å². The lowest BCUT2D eigenvalue weighted by atomic mass is 10.2. The van der Waals surface area contributed by atoms with Gasteiger partial charge >= 0.3 is 5.97 Å². The smallest absolute Gasteiger partial charge is 0.321 e. The summed E-state index contributed by atoms with van der Waals surface area (Å²) in [7, 11) is -3.80. The van der Waals surface area contributed by atoms with E-state index in [1.165, 1.54) is 11.0 Å². The van der Waals surface area contributed by atoms with Crippen molar-refractivity contribution in [3.05, 3.63) is 41.8 Å². The van der Waals surface area contributed by atoms with Crippen LogP contribution in [0.5, 0.6) is 0 Å². The van der Waals surface area contributed by atoms with Crippen molar-refractivity contribution in [2.24, 2.45) is 0 Å². The highest BCUT2D eigenvalue weighted by atomic mass is 32.2. The fourth-order valence-corrected chi connectivity index (χ4v) is 4.37. The number of carbonyl (C=O) groups excluding carboxylic acids is 3. The van der Waals surface area contributed by atoms with Crippen LogP contribution < -0.4 is 14.9 Å². The molecule has 0 unspecified atom stereocenters. The van der Waals surface area contributed by atoms with Crippen LogP contribution in [0.2, 0.25) is 0 Å². The van der Waals surface area contributed by atoms with Crippen LogP contribution in [-0.4, -0.2) is 45.9 Å². The minimum Gasteiger partial charge on any atom is -0.455 e. The van der Waals surface area contributed by atoms with Crippen molar-refractivity contribution in [3.63, 3.8) is 0 Å². The number of carbonyl (C=O) groups is 3. The number of fused-ring (bicyclic) bond motifs is 1. The standard InChI is InChI=1S/C16H15N3O6S2/c20-13-9-19(12-5-2-1-4-11(12)18-13)14(21)10-25-15(22)8-17-27(23,24)16-6-3-7-26-16/h1-7,17H,8-10H2,(H,18,20). The summed E-state index contributed by atoms with van der Waals surface area (Å²) in [4.78, 5) is 37.0. The number of amides is 2. The molecule has 0 radical (unpaired) electrons. The number of nitrogens with zero attached hydrogens (tertiary/aromatic N) is 1. The van der Waals surface area contributed by atoms with Crippen molar-refractivity contribution < 1.29 is 27.5 Å². The van der Waals surface area contributed by atoms with Gasteiger partial charge in [-0.1, -0.05) is 18.2 Å². The number of benzene rings is 1. The molecule has 9 nitrogen and oxygen atoms in total. The molecule has 1 aliphatic heterocycles. The van der Waals surface area contributed by atoms with Crippen molar-refractivity contribution in [1.29, 1.82) is 0 Å². The highest BCUT2D eigenvalue weighted by molar-refractivity contribution is 7.91. The third kappa shape index (κ3) is 4.51. The van der Waals surface area contributed by atoms with Gasteiger partial charge in [0.15, 0.2) is 6.61 Å². The number of hydrogen-bond acceptors (Lipinski definition) is 7. The number of sulfonamides is 1. The van der Waals surface area contributed by atoms with Crippen molar-refractivity contribution in [3.8, 4) is 0 Å². The lowest BCUT2D eigenvalue weighted by molar-refractivity contribution is -0.146. The lowest BCUT2D eigenvalue weighted by Crippen LogP contribution is -2.44. The summed E-state index contributed by atoms with van der Waals surface area (Å²) < 4.78 is 30.9. The van der Waals surface area contributed by atoms with Crippen LogP contribution in [0.3, 0.4) is 0 Å². The first-order valence-electron chi connectivity index (χ1n) is 7.75. The Labute approximate surface area is 159 Å². The number of para-hydroxylation sites is 2. The highest BCUT2D eigenvalue weighted by Gasteiger charge is 2.27. The summed E-state index contributed by atoms with van der Waals surface area (Å²) in [6, 6.07) is 9.71. The predicted molar refractivity (Wildman–Crippen MR) is 97.9 cm³/mol. The molecule has 1 aliphatic rings. The number of thiophene rings is 1. The van der Waals surface area contributed by atoms with Crippen molar-refractivity contribution >= 4 is 50.5 Å². The minimum absolute atomic E-state index is 0.0716. The van der Waals surface area contributed by atoms with E-state index in [1.54, 1.807) is 35.7 Å². The van der Waals surface area contributed by atoms with Gasteiger partial charge in [-0.3, -0.25) is 19.3 Å². The Kier molecular flexibility index (Phi) is 5.54. The summed E-state index contributed by atoms with van der Waals surface area (Å²) in [6.07, 6.45) is 0. The van der Waals surface area contributed by atoms with Crippen molar-refractivity contribution in [2.45, 2.75) is 4.21 Å². The van der Waals surface area contributed by atoms with Gasteiger partial charge in [0, 0.05) is 0 Å². The Bertz CT molecular complexity index is 972. The van der Waals surface area contributed by atoms with E-state index in [4.69, 9.17) is 4.74 Å². The van der Waals surface area contributed by atoms with E-state index in [-0.39, 0.29) is 16.7 Å². The van der Waals surface area contributed by atoms with Gasteiger partial charge < -0.3 is 10.1 Å². The maximum Gasteiger partial charge on any atom is 0.321 e. The number of ether oxygens (including phenoxy) is 1. The van der Waals surface area contributed by atoms with E-state index in [0.717, 1.165) is 11.3 Å². The third-order valence-corrected chi connectivity index (χ3v) is 6.39. The average Bonchev–Trinajstić information content (AvgIpc) is 3.19. The van der Waals surface area contributed by atoms with Gasteiger partial charge in [0.1, 0.15) is 17.3 Å². The number of esters is 1. The van der Waals surface area contributed by atoms with Crippen LogP contribution in [0.4, 0.5) is 11.4 Å². The first-order valence-corrected chi connectivity index (χ1v) is 10.1. The van der Waals surface area contributed by atoms with E-state index in [9.17, 15) is 22.8 Å².